The first-order valence-electron chi connectivity index (χ1n) is 5.81. The van der Waals surface area contributed by atoms with Gasteiger partial charge >= 0.3 is 0 Å². The molecule has 1 fully saturated rings. The average molecular weight is 266 g/mol. The fourth-order valence-electron chi connectivity index (χ4n) is 2.40. The Morgan fingerprint density at radius 2 is 2.13 bits per heavy atom. The maximum Gasteiger partial charge on any atom is 0.0236 e. The first kappa shape index (κ1) is 9.86. The third-order valence-corrected chi connectivity index (χ3v) is 3.97. The van der Waals surface area contributed by atoms with Crippen molar-refractivity contribution in [2.75, 3.05) is 13.1 Å². The second kappa shape index (κ2) is 3.91. The van der Waals surface area contributed by atoms with Gasteiger partial charge in [-0.1, -0.05) is 22.0 Å². The van der Waals surface area contributed by atoms with Crippen LogP contribution in [0.2, 0.25) is 0 Å². The molecule has 0 aromatic heterocycles. The molecule has 0 radical (unpaired) electrons. The molecule has 1 heterocycles. The number of nitrogens with zero attached hydrogens (tertiary/aromatic N) is 1. The molecule has 1 aliphatic carbocycles. The summed E-state index contributed by atoms with van der Waals surface area (Å²) in [7, 11) is 0. The van der Waals surface area contributed by atoms with E-state index in [1.807, 2.05) is 0 Å². The predicted molar refractivity (Wildman–Crippen MR) is 65.8 cm³/mol. The third-order valence-electron chi connectivity index (χ3n) is 3.47. The van der Waals surface area contributed by atoms with Crippen molar-refractivity contribution in [3.8, 4) is 0 Å². The van der Waals surface area contributed by atoms with Gasteiger partial charge in [0.2, 0.25) is 0 Å². The highest BCUT2D eigenvalue weighted by atomic mass is 79.9. The van der Waals surface area contributed by atoms with Gasteiger partial charge in [0.25, 0.3) is 0 Å². The van der Waals surface area contributed by atoms with Crippen LogP contribution in [0.3, 0.4) is 0 Å². The zero-order chi connectivity index (χ0) is 10.3. The van der Waals surface area contributed by atoms with Crippen LogP contribution in [0.4, 0.5) is 0 Å². The van der Waals surface area contributed by atoms with Crippen molar-refractivity contribution < 1.29 is 0 Å². The monoisotopic (exact) mass is 265 g/mol. The van der Waals surface area contributed by atoms with Crippen LogP contribution in [-0.2, 0) is 13.0 Å². The molecular formula is C13H16BrN. The molecule has 0 N–H and O–H groups in total. The quantitative estimate of drug-likeness (QED) is 0.794. The summed E-state index contributed by atoms with van der Waals surface area (Å²) in [6.07, 6.45) is 4.15. The molecule has 1 aliphatic heterocycles. The van der Waals surface area contributed by atoms with Crippen molar-refractivity contribution in [3.63, 3.8) is 0 Å². The second-order valence-corrected chi connectivity index (χ2v) is 5.76. The lowest BCUT2D eigenvalue weighted by Crippen LogP contribution is -2.32. The maximum atomic E-state index is 3.54. The molecule has 0 amide bonds. The summed E-state index contributed by atoms with van der Waals surface area (Å²) in [6.45, 7) is 3.74. The Labute approximate surface area is 99.6 Å². The number of hydrogen-bond donors (Lipinski definition) is 0. The molecule has 2 aliphatic rings. The molecule has 0 spiro atoms. The van der Waals surface area contributed by atoms with Gasteiger partial charge in [-0.15, -0.1) is 0 Å². The molecular weight excluding hydrogens is 250 g/mol. The number of hydrogen-bond acceptors (Lipinski definition) is 1. The van der Waals surface area contributed by atoms with E-state index >= 15 is 0 Å². The summed E-state index contributed by atoms with van der Waals surface area (Å²) in [5, 5.41) is 0. The van der Waals surface area contributed by atoms with Crippen molar-refractivity contribution in [2.24, 2.45) is 5.92 Å². The van der Waals surface area contributed by atoms with Crippen LogP contribution in [0.1, 0.15) is 24.0 Å². The summed E-state index contributed by atoms with van der Waals surface area (Å²) < 4.78 is 1.22. The van der Waals surface area contributed by atoms with E-state index in [0.717, 1.165) is 5.92 Å². The van der Waals surface area contributed by atoms with Crippen LogP contribution in [0.5, 0.6) is 0 Å². The van der Waals surface area contributed by atoms with Gasteiger partial charge < -0.3 is 0 Å². The Hall–Kier alpha value is -0.340. The minimum absolute atomic E-state index is 1.02. The van der Waals surface area contributed by atoms with E-state index in [2.05, 4.69) is 39.0 Å². The number of rotatable bonds is 2. The number of benzene rings is 1. The van der Waals surface area contributed by atoms with E-state index in [1.165, 1.54) is 54.5 Å². The largest absolute Gasteiger partial charge is 0.298 e. The minimum Gasteiger partial charge on any atom is -0.298 e. The van der Waals surface area contributed by atoms with Crippen molar-refractivity contribution in [1.29, 1.82) is 0 Å². The van der Waals surface area contributed by atoms with Crippen LogP contribution in [0.25, 0.3) is 0 Å². The smallest absolute Gasteiger partial charge is 0.0236 e. The van der Waals surface area contributed by atoms with Gasteiger partial charge in [-0.3, -0.25) is 4.90 Å². The summed E-state index contributed by atoms with van der Waals surface area (Å²) in [6, 6.07) is 6.72. The van der Waals surface area contributed by atoms with Gasteiger partial charge in [0, 0.05) is 24.1 Å². The summed E-state index contributed by atoms with van der Waals surface area (Å²) in [5.74, 6) is 1.02. The van der Waals surface area contributed by atoms with Gasteiger partial charge in [0.05, 0.1) is 0 Å². The maximum absolute atomic E-state index is 3.54. The van der Waals surface area contributed by atoms with Gasteiger partial charge in [-0.2, -0.15) is 0 Å². The Balaban J connectivity index is 1.74. The molecule has 0 atom stereocenters. The normalized spacial score (nSPS) is 21.4. The third kappa shape index (κ3) is 2.26. The molecule has 0 saturated heterocycles. The van der Waals surface area contributed by atoms with Crippen LogP contribution in [0.15, 0.2) is 22.7 Å². The summed E-state index contributed by atoms with van der Waals surface area (Å²) >= 11 is 3.54. The van der Waals surface area contributed by atoms with E-state index in [0.29, 0.717) is 0 Å². The highest BCUT2D eigenvalue weighted by Crippen LogP contribution is 2.31. The Bertz CT molecular complexity index is 371. The average Bonchev–Trinajstić information content (AvgIpc) is 3.02. The van der Waals surface area contributed by atoms with Crippen LogP contribution < -0.4 is 0 Å². The van der Waals surface area contributed by atoms with E-state index in [-0.39, 0.29) is 0 Å². The first-order valence-corrected chi connectivity index (χ1v) is 6.60. The summed E-state index contributed by atoms with van der Waals surface area (Å²) in [4.78, 5) is 2.62. The number of fused-ring (bicyclic) bond motifs is 1. The predicted octanol–water partition coefficient (Wildman–Crippen LogP) is 3.22. The zero-order valence-electron chi connectivity index (χ0n) is 8.88. The van der Waals surface area contributed by atoms with Gasteiger partial charge in [0.15, 0.2) is 0 Å². The van der Waals surface area contributed by atoms with Gasteiger partial charge in [-0.05, 0) is 48.4 Å². The first-order chi connectivity index (χ1) is 7.31. The molecule has 0 unspecified atom stereocenters. The number of halogens is 1. The van der Waals surface area contributed by atoms with Crippen LogP contribution >= 0.6 is 15.9 Å². The molecule has 0 bridgehead atoms. The molecule has 15 heavy (non-hydrogen) atoms. The highest BCUT2D eigenvalue weighted by molar-refractivity contribution is 9.10. The van der Waals surface area contributed by atoms with Crippen molar-refractivity contribution in [1.82, 2.24) is 4.90 Å². The lowest BCUT2D eigenvalue weighted by Gasteiger charge is -2.28. The SMILES string of the molecule is Brc1ccc2c(c1)CCN(CC1CC1)C2. The molecule has 1 aromatic rings. The van der Waals surface area contributed by atoms with E-state index in [1.54, 1.807) is 0 Å². The molecule has 1 aromatic carbocycles. The summed E-state index contributed by atoms with van der Waals surface area (Å²) in [5.41, 5.74) is 3.07. The Morgan fingerprint density at radius 1 is 1.27 bits per heavy atom. The molecule has 2 heteroatoms. The van der Waals surface area contributed by atoms with Crippen LogP contribution in [0, 0.1) is 5.92 Å². The molecule has 3 rings (SSSR count). The molecule has 80 valence electrons. The van der Waals surface area contributed by atoms with E-state index in [9.17, 15) is 0 Å². The van der Waals surface area contributed by atoms with Crippen molar-refractivity contribution in [2.45, 2.75) is 25.8 Å². The molecule has 1 saturated carbocycles. The zero-order valence-corrected chi connectivity index (χ0v) is 10.5. The van der Waals surface area contributed by atoms with Gasteiger partial charge in [-0.25, -0.2) is 0 Å². The lowest BCUT2D eigenvalue weighted by atomic mass is 10.00. The van der Waals surface area contributed by atoms with Gasteiger partial charge in [0.1, 0.15) is 0 Å². The second-order valence-electron chi connectivity index (χ2n) is 4.84. The standard InChI is InChI=1S/C13H16BrN/c14-13-4-3-12-9-15(8-10-1-2-10)6-5-11(12)7-13/h3-4,7,10H,1-2,5-6,8-9H2. The topological polar surface area (TPSA) is 3.24 Å². The van der Waals surface area contributed by atoms with Crippen molar-refractivity contribution in [3.05, 3.63) is 33.8 Å². The fourth-order valence-corrected chi connectivity index (χ4v) is 2.81. The van der Waals surface area contributed by atoms with E-state index in [4.69, 9.17) is 0 Å². The highest BCUT2D eigenvalue weighted by Gasteiger charge is 2.26. The fraction of sp³-hybridized carbons (Fsp3) is 0.538. The minimum atomic E-state index is 1.02. The lowest BCUT2D eigenvalue weighted by molar-refractivity contribution is 0.244. The Morgan fingerprint density at radius 3 is 2.93 bits per heavy atom. The van der Waals surface area contributed by atoms with Crippen molar-refractivity contribution >= 4 is 15.9 Å². The molecule has 1 nitrogen and oxygen atoms in total. The van der Waals surface area contributed by atoms with Crippen LogP contribution in [-0.4, -0.2) is 18.0 Å². The Kier molecular flexibility index (Phi) is 2.57. The van der Waals surface area contributed by atoms with E-state index < -0.39 is 0 Å².